The first kappa shape index (κ1) is 20.2. The van der Waals surface area contributed by atoms with Crippen LogP contribution in [0.5, 0.6) is 0 Å². The fourth-order valence-corrected chi connectivity index (χ4v) is 4.89. The summed E-state index contributed by atoms with van der Waals surface area (Å²) < 4.78 is 0. The van der Waals surface area contributed by atoms with Crippen molar-refractivity contribution in [1.82, 2.24) is 10.2 Å². The number of nitrogens with one attached hydrogen (secondary N) is 2. The highest BCUT2D eigenvalue weighted by Crippen LogP contribution is 2.37. The lowest BCUT2D eigenvalue weighted by atomic mass is 10.0. The van der Waals surface area contributed by atoms with Crippen molar-refractivity contribution in [2.45, 2.75) is 19.5 Å². The third-order valence-electron chi connectivity index (χ3n) is 4.99. The van der Waals surface area contributed by atoms with Gasteiger partial charge in [0.1, 0.15) is 10.9 Å². The Morgan fingerprint density at radius 1 is 1.13 bits per heavy atom. The maximum atomic E-state index is 12.3. The molecule has 0 aliphatic carbocycles. The molecule has 7 heteroatoms. The molecule has 0 saturated heterocycles. The minimum atomic E-state index is -0.273. The molecule has 0 fully saturated rings. The third kappa shape index (κ3) is 4.57. The van der Waals surface area contributed by atoms with E-state index >= 15 is 0 Å². The number of nitriles is 1. The number of fused-ring (bicyclic) bond motifs is 1. The average Bonchev–Trinajstić information content (AvgIpc) is 3.11. The third-order valence-corrected chi connectivity index (χ3v) is 6.31. The van der Waals surface area contributed by atoms with Crippen LogP contribution in [-0.4, -0.2) is 22.5 Å². The quantitative estimate of drug-likeness (QED) is 0.602. The second-order valence-corrected chi connectivity index (χ2v) is 8.55. The largest absolute Gasteiger partial charge is 0.330 e. The van der Waals surface area contributed by atoms with E-state index in [-0.39, 0.29) is 11.0 Å². The van der Waals surface area contributed by atoms with E-state index in [1.54, 1.807) is 24.3 Å². The summed E-state index contributed by atoms with van der Waals surface area (Å²) in [5.74, 6) is -0.273. The van der Waals surface area contributed by atoms with Crippen molar-refractivity contribution in [3.8, 4) is 6.07 Å². The highest BCUT2D eigenvalue weighted by molar-refractivity contribution is 7.80. The van der Waals surface area contributed by atoms with Gasteiger partial charge in [0.05, 0.1) is 5.69 Å². The molecule has 3 aromatic rings. The predicted octanol–water partition coefficient (Wildman–Crippen LogP) is 4.30. The summed E-state index contributed by atoms with van der Waals surface area (Å²) in [6.45, 7) is 2.59. The van der Waals surface area contributed by atoms with Crippen LogP contribution >= 0.6 is 23.6 Å². The van der Waals surface area contributed by atoms with Gasteiger partial charge in [-0.2, -0.15) is 5.26 Å². The van der Waals surface area contributed by atoms with Gasteiger partial charge in [-0.05, 0) is 41.9 Å². The topological polar surface area (TPSA) is 68.2 Å². The molecule has 2 heterocycles. The fraction of sp³-hybridized carbons (Fsp3) is 0.174. The lowest BCUT2D eigenvalue weighted by molar-refractivity contribution is 0.0977. The standard InChI is InChI=1S/C23H20N4OS2/c24-13-19-21(25-23(29)26-22(28)17-9-5-2-6-10-17)18-11-12-27(15-20(18)30-19)14-16-7-3-1-4-8-16/h1-10H,11-12,14-15H2,(H2,25,26,28,29). The molecular weight excluding hydrogens is 412 g/mol. The molecule has 1 aliphatic rings. The Morgan fingerprint density at radius 3 is 2.53 bits per heavy atom. The molecule has 0 radical (unpaired) electrons. The highest BCUT2D eigenvalue weighted by Gasteiger charge is 2.25. The molecule has 0 bridgehead atoms. The number of benzene rings is 2. The normalized spacial score (nSPS) is 13.2. The Hall–Kier alpha value is -3.05. The number of nitrogens with zero attached hydrogens (tertiary/aromatic N) is 2. The van der Waals surface area contributed by atoms with E-state index in [1.165, 1.54) is 21.8 Å². The SMILES string of the molecule is N#Cc1sc2c(c1NC(=S)NC(=O)c1ccccc1)CCN(Cc1ccccc1)C2. The van der Waals surface area contributed by atoms with Gasteiger partial charge in [-0.1, -0.05) is 48.5 Å². The Kier molecular flexibility index (Phi) is 6.19. The lowest BCUT2D eigenvalue weighted by Crippen LogP contribution is -2.35. The van der Waals surface area contributed by atoms with Gasteiger partial charge in [-0.3, -0.25) is 15.0 Å². The zero-order valence-electron chi connectivity index (χ0n) is 16.2. The van der Waals surface area contributed by atoms with Gasteiger partial charge < -0.3 is 5.32 Å². The molecule has 1 aliphatic heterocycles. The average molecular weight is 433 g/mol. The minimum absolute atomic E-state index is 0.202. The van der Waals surface area contributed by atoms with Gasteiger partial charge >= 0.3 is 0 Å². The van der Waals surface area contributed by atoms with E-state index in [9.17, 15) is 10.1 Å². The number of carbonyl (C=O) groups excluding carboxylic acids is 1. The smallest absolute Gasteiger partial charge is 0.257 e. The first-order valence-electron chi connectivity index (χ1n) is 9.62. The molecule has 0 spiro atoms. The Morgan fingerprint density at radius 2 is 1.83 bits per heavy atom. The van der Waals surface area contributed by atoms with Crippen LogP contribution in [0.3, 0.4) is 0 Å². The lowest BCUT2D eigenvalue weighted by Gasteiger charge is -2.27. The highest BCUT2D eigenvalue weighted by atomic mass is 32.1. The summed E-state index contributed by atoms with van der Waals surface area (Å²) in [5, 5.41) is 15.6. The molecule has 150 valence electrons. The van der Waals surface area contributed by atoms with Crippen molar-refractivity contribution in [1.29, 1.82) is 5.26 Å². The zero-order chi connectivity index (χ0) is 20.9. The number of thiocarbonyl (C=S) groups is 1. The van der Waals surface area contributed by atoms with E-state index in [2.05, 4.69) is 45.9 Å². The fourth-order valence-electron chi connectivity index (χ4n) is 3.55. The van der Waals surface area contributed by atoms with E-state index in [0.717, 1.165) is 37.3 Å². The van der Waals surface area contributed by atoms with Gasteiger partial charge in [0.2, 0.25) is 0 Å². The molecule has 4 rings (SSSR count). The van der Waals surface area contributed by atoms with Crippen LogP contribution in [0.1, 0.15) is 31.2 Å². The first-order chi connectivity index (χ1) is 14.6. The van der Waals surface area contributed by atoms with Gasteiger partial charge in [0.25, 0.3) is 5.91 Å². The molecule has 0 saturated carbocycles. The molecule has 1 aromatic heterocycles. The van der Waals surface area contributed by atoms with Crippen molar-refractivity contribution in [3.63, 3.8) is 0 Å². The summed E-state index contributed by atoms with van der Waals surface area (Å²) in [4.78, 5) is 16.5. The molecule has 0 atom stereocenters. The van der Waals surface area contributed by atoms with E-state index in [0.29, 0.717) is 10.4 Å². The second kappa shape index (κ2) is 9.18. The number of hydrogen-bond donors (Lipinski definition) is 2. The first-order valence-corrected chi connectivity index (χ1v) is 10.8. The van der Waals surface area contributed by atoms with Crippen LogP contribution < -0.4 is 10.6 Å². The van der Waals surface area contributed by atoms with Crippen LogP contribution in [0.4, 0.5) is 5.69 Å². The summed E-state index contributed by atoms with van der Waals surface area (Å²) in [5.41, 5.74) is 3.67. The van der Waals surface area contributed by atoms with Crippen LogP contribution in [0.2, 0.25) is 0 Å². The summed E-state index contributed by atoms with van der Waals surface area (Å²) >= 11 is 6.84. The summed E-state index contributed by atoms with van der Waals surface area (Å²) in [6.07, 6.45) is 0.831. The van der Waals surface area contributed by atoms with E-state index in [1.807, 2.05) is 12.1 Å². The maximum Gasteiger partial charge on any atom is 0.257 e. The van der Waals surface area contributed by atoms with Crippen molar-refractivity contribution >= 4 is 40.3 Å². The number of carbonyl (C=O) groups is 1. The van der Waals surface area contributed by atoms with Gasteiger partial charge in [0, 0.05) is 30.1 Å². The Balaban J connectivity index is 1.46. The number of hydrogen-bond acceptors (Lipinski definition) is 5. The molecule has 2 aromatic carbocycles. The summed E-state index contributed by atoms with van der Waals surface area (Å²) in [6, 6.07) is 21.6. The Labute approximate surface area is 185 Å². The summed E-state index contributed by atoms with van der Waals surface area (Å²) in [7, 11) is 0. The van der Waals surface area contributed by atoms with Gasteiger partial charge in [0.15, 0.2) is 5.11 Å². The molecule has 1 amide bonds. The predicted molar refractivity (Wildman–Crippen MR) is 123 cm³/mol. The minimum Gasteiger partial charge on any atom is -0.330 e. The van der Waals surface area contributed by atoms with Crippen molar-refractivity contribution in [2.24, 2.45) is 0 Å². The maximum absolute atomic E-state index is 12.3. The molecule has 2 N–H and O–H groups in total. The van der Waals surface area contributed by atoms with Crippen LogP contribution in [0.15, 0.2) is 60.7 Å². The van der Waals surface area contributed by atoms with Crippen LogP contribution in [0, 0.1) is 11.3 Å². The van der Waals surface area contributed by atoms with Gasteiger partial charge in [-0.15, -0.1) is 11.3 Å². The van der Waals surface area contributed by atoms with Crippen LogP contribution in [0.25, 0.3) is 0 Å². The monoisotopic (exact) mass is 432 g/mol. The number of anilines is 1. The van der Waals surface area contributed by atoms with Crippen molar-refractivity contribution in [2.75, 3.05) is 11.9 Å². The number of amides is 1. The molecule has 0 unspecified atom stereocenters. The molecular formula is C23H20N4OS2. The van der Waals surface area contributed by atoms with Crippen molar-refractivity contribution < 1.29 is 4.79 Å². The zero-order valence-corrected chi connectivity index (χ0v) is 17.9. The van der Waals surface area contributed by atoms with Crippen LogP contribution in [-0.2, 0) is 19.5 Å². The van der Waals surface area contributed by atoms with E-state index < -0.39 is 0 Å². The second-order valence-electron chi connectivity index (χ2n) is 7.04. The number of thiophene rings is 1. The molecule has 30 heavy (non-hydrogen) atoms. The Bertz CT molecular complexity index is 1100. The van der Waals surface area contributed by atoms with Crippen molar-refractivity contribution in [3.05, 3.63) is 87.1 Å². The number of rotatable bonds is 4. The van der Waals surface area contributed by atoms with Gasteiger partial charge in [-0.25, -0.2) is 0 Å². The van der Waals surface area contributed by atoms with E-state index in [4.69, 9.17) is 12.2 Å². The molecule has 5 nitrogen and oxygen atoms in total.